The number of ether oxygens (including phenoxy) is 3. The first-order chi connectivity index (χ1) is 18.2. The summed E-state index contributed by atoms with van der Waals surface area (Å²) >= 11 is 5.95. The van der Waals surface area contributed by atoms with Crippen molar-refractivity contribution >= 4 is 34.2 Å². The highest BCUT2D eigenvalue weighted by Crippen LogP contribution is 2.38. The van der Waals surface area contributed by atoms with E-state index in [1.165, 1.54) is 0 Å². The van der Waals surface area contributed by atoms with Crippen molar-refractivity contribution in [2.75, 3.05) is 31.3 Å². The number of imidazole rings is 1. The summed E-state index contributed by atoms with van der Waals surface area (Å²) in [5, 5.41) is 0.699. The molecule has 1 fully saturated rings. The Morgan fingerprint density at radius 3 is 2.65 bits per heavy atom. The van der Waals surface area contributed by atoms with Gasteiger partial charge in [0, 0.05) is 42.2 Å². The molecule has 0 saturated carbocycles. The average Bonchev–Trinajstić information content (AvgIpc) is 3.49. The highest BCUT2D eigenvalue weighted by Gasteiger charge is 2.35. The molecule has 0 spiro atoms. The molecule has 0 aliphatic carbocycles. The summed E-state index contributed by atoms with van der Waals surface area (Å²) in [5.74, 6) is 3.30. The minimum absolute atomic E-state index is 0.0124. The molecule has 2 aliphatic heterocycles. The molecule has 3 heterocycles. The van der Waals surface area contributed by atoms with Crippen molar-refractivity contribution in [1.82, 2.24) is 9.55 Å². The minimum Gasteiger partial charge on any atom is -0.494 e. The molecule has 0 N–H and O–H groups in total. The fourth-order valence-corrected chi connectivity index (χ4v) is 5.19. The normalized spacial score (nSPS) is 16.9. The lowest BCUT2D eigenvalue weighted by Gasteiger charge is -2.22. The Kier molecular flexibility index (Phi) is 6.62. The van der Waals surface area contributed by atoms with E-state index in [1.54, 1.807) is 0 Å². The molecule has 190 valence electrons. The predicted molar refractivity (Wildman–Crippen MR) is 143 cm³/mol. The monoisotopic (exact) mass is 517 g/mol. The predicted octanol–water partition coefficient (Wildman–Crippen LogP) is 5.84. The first-order valence-corrected chi connectivity index (χ1v) is 13.1. The first kappa shape index (κ1) is 23.7. The third-order valence-electron chi connectivity index (χ3n) is 6.87. The largest absolute Gasteiger partial charge is 0.494 e. The average molecular weight is 518 g/mol. The number of aryl methyl sites for hydroxylation is 1. The molecule has 3 aromatic carbocycles. The fourth-order valence-electron chi connectivity index (χ4n) is 5.06. The lowest BCUT2D eigenvalue weighted by Crippen LogP contribution is -2.25. The number of benzene rings is 3. The number of hydrogen-bond acceptors (Lipinski definition) is 5. The number of carbonyl (C=O) groups is 1. The number of anilines is 1. The third kappa shape index (κ3) is 4.96. The zero-order valence-corrected chi connectivity index (χ0v) is 21.2. The number of para-hydroxylation sites is 2. The molecule has 7 nitrogen and oxygen atoms in total. The Labute approximate surface area is 220 Å². The van der Waals surface area contributed by atoms with Crippen LogP contribution >= 0.6 is 11.6 Å². The summed E-state index contributed by atoms with van der Waals surface area (Å²) < 4.78 is 19.5. The lowest BCUT2D eigenvalue weighted by molar-refractivity contribution is -0.117. The van der Waals surface area contributed by atoms with Gasteiger partial charge in [-0.1, -0.05) is 23.7 Å². The molecular weight excluding hydrogens is 490 g/mol. The fraction of sp³-hybridized carbons (Fsp3) is 0.310. The van der Waals surface area contributed by atoms with Crippen molar-refractivity contribution in [2.24, 2.45) is 0 Å². The summed E-state index contributed by atoms with van der Waals surface area (Å²) in [6.07, 6.45) is 2.27. The second-order valence-electron chi connectivity index (χ2n) is 9.35. The van der Waals surface area contributed by atoms with Gasteiger partial charge in [0.05, 0.1) is 17.6 Å². The molecular formula is C29H28ClN3O4. The second kappa shape index (κ2) is 10.3. The van der Waals surface area contributed by atoms with Gasteiger partial charge in [-0.25, -0.2) is 4.98 Å². The molecule has 8 heteroatoms. The summed E-state index contributed by atoms with van der Waals surface area (Å²) in [5.41, 5.74) is 2.89. The zero-order valence-electron chi connectivity index (χ0n) is 20.4. The number of halogens is 1. The maximum Gasteiger partial charge on any atom is 0.227 e. The Morgan fingerprint density at radius 1 is 0.973 bits per heavy atom. The van der Waals surface area contributed by atoms with Crippen molar-refractivity contribution in [3.05, 3.63) is 77.6 Å². The van der Waals surface area contributed by atoms with E-state index in [0.717, 1.165) is 53.4 Å². The molecule has 1 amide bonds. The topological polar surface area (TPSA) is 65.8 Å². The van der Waals surface area contributed by atoms with Crippen LogP contribution in [0.15, 0.2) is 66.7 Å². The van der Waals surface area contributed by atoms with Gasteiger partial charge in [-0.15, -0.1) is 0 Å². The number of unbranched alkanes of at least 4 members (excludes halogenated alkanes) is 1. The van der Waals surface area contributed by atoms with E-state index in [0.29, 0.717) is 43.6 Å². The van der Waals surface area contributed by atoms with Crippen LogP contribution in [0, 0.1) is 0 Å². The highest BCUT2D eigenvalue weighted by atomic mass is 35.5. The van der Waals surface area contributed by atoms with Gasteiger partial charge in [-0.3, -0.25) is 4.79 Å². The Hall–Kier alpha value is -3.71. The van der Waals surface area contributed by atoms with Crippen molar-refractivity contribution in [1.29, 1.82) is 0 Å². The van der Waals surface area contributed by atoms with Crippen molar-refractivity contribution in [3.63, 3.8) is 0 Å². The number of fused-ring (bicyclic) bond motifs is 2. The molecule has 0 bridgehead atoms. The van der Waals surface area contributed by atoms with Crippen molar-refractivity contribution in [2.45, 2.75) is 31.7 Å². The Morgan fingerprint density at radius 2 is 1.78 bits per heavy atom. The van der Waals surface area contributed by atoms with Gasteiger partial charge in [0.25, 0.3) is 0 Å². The van der Waals surface area contributed by atoms with Crippen LogP contribution in [-0.2, 0) is 11.3 Å². The van der Waals surface area contributed by atoms with Gasteiger partial charge in [-0.2, -0.15) is 0 Å². The van der Waals surface area contributed by atoms with Crippen LogP contribution in [0.25, 0.3) is 11.0 Å². The van der Waals surface area contributed by atoms with E-state index in [-0.39, 0.29) is 11.8 Å². The van der Waals surface area contributed by atoms with Crippen LogP contribution in [0.5, 0.6) is 17.2 Å². The standard InChI is InChI=1S/C29H28ClN3O4/c30-21-7-10-23(11-8-21)35-14-4-3-13-32-25-6-2-1-5-24(25)31-29(32)20-17-28(34)33(19-20)22-9-12-26-27(18-22)37-16-15-36-26/h1-2,5-12,18,20H,3-4,13-17,19H2. The van der Waals surface area contributed by atoms with Gasteiger partial charge < -0.3 is 23.7 Å². The first-order valence-electron chi connectivity index (χ1n) is 12.7. The van der Waals surface area contributed by atoms with Gasteiger partial charge in [-0.05, 0) is 61.4 Å². The molecule has 0 radical (unpaired) electrons. The number of rotatable bonds is 8. The molecule has 4 aromatic rings. The second-order valence-corrected chi connectivity index (χ2v) is 9.79. The van der Waals surface area contributed by atoms with E-state index in [4.69, 9.17) is 30.8 Å². The SMILES string of the molecule is O=C1CC(c2nc3ccccc3n2CCCCOc2ccc(Cl)cc2)CN1c1ccc2c(c1)OCCO2. The highest BCUT2D eigenvalue weighted by molar-refractivity contribution is 6.30. The van der Waals surface area contributed by atoms with E-state index in [9.17, 15) is 4.79 Å². The van der Waals surface area contributed by atoms with Crippen LogP contribution in [-0.4, -0.2) is 41.8 Å². The molecule has 2 aliphatic rings. The maximum atomic E-state index is 13.1. The number of hydrogen-bond donors (Lipinski definition) is 0. The van der Waals surface area contributed by atoms with E-state index in [1.807, 2.05) is 65.6 Å². The Balaban J connectivity index is 1.16. The van der Waals surface area contributed by atoms with E-state index in [2.05, 4.69) is 10.6 Å². The maximum absolute atomic E-state index is 13.1. The summed E-state index contributed by atoms with van der Waals surface area (Å²) in [6, 6.07) is 21.3. The number of nitrogens with zero attached hydrogens (tertiary/aromatic N) is 3. The number of aromatic nitrogens is 2. The quantitative estimate of drug-likeness (QED) is 0.275. The minimum atomic E-state index is 0.0124. The van der Waals surface area contributed by atoms with Crippen LogP contribution in [0.1, 0.15) is 31.0 Å². The van der Waals surface area contributed by atoms with Gasteiger partial charge in [0.15, 0.2) is 11.5 Å². The van der Waals surface area contributed by atoms with Crippen molar-refractivity contribution < 1.29 is 19.0 Å². The van der Waals surface area contributed by atoms with Crippen LogP contribution in [0.4, 0.5) is 5.69 Å². The molecule has 1 saturated heterocycles. The van der Waals surface area contributed by atoms with Crippen LogP contribution in [0.2, 0.25) is 5.02 Å². The number of amides is 1. The smallest absolute Gasteiger partial charge is 0.227 e. The van der Waals surface area contributed by atoms with E-state index < -0.39 is 0 Å². The lowest BCUT2D eigenvalue weighted by atomic mass is 10.1. The summed E-state index contributed by atoms with van der Waals surface area (Å²) in [6.45, 7) is 3.09. The van der Waals surface area contributed by atoms with Gasteiger partial charge >= 0.3 is 0 Å². The number of carbonyl (C=O) groups excluding carboxylic acids is 1. The van der Waals surface area contributed by atoms with Crippen LogP contribution < -0.4 is 19.1 Å². The summed E-state index contributed by atoms with van der Waals surface area (Å²) in [4.78, 5) is 19.9. The van der Waals surface area contributed by atoms with Crippen LogP contribution in [0.3, 0.4) is 0 Å². The molecule has 6 rings (SSSR count). The van der Waals surface area contributed by atoms with Crippen molar-refractivity contribution in [3.8, 4) is 17.2 Å². The third-order valence-corrected chi connectivity index (χ3v) is 7.12. The Bertz CT molecular complexity index is 1420. The zero-order chi connectivity index (χ0) is 25.2. The molecule has 1 atom stereocenters. The van der Waals surface area contributed by atoms with E-state index >= 15 is 0 Å². The molecule has 1 aromatic heterocycles. The summed E-state index contributed by atoms with van der Waals surface area (Å²) in [7, 11) is 0. The van der Waals surface area contributed by atoms with Gasteiger partial charge in [0.2, 0.25) is 5.91 Å². The molecule has 1 unspecified atom stereocenters. The van der Waals surface area contributed by atoms with Gasteiger partial charge in [0.1, 0.15) is 24.8 Å². The molecule has 37 heavy (non-hydrogen) atoms.